The first-order valence-electron chi connectivity index (χ1n) is 12.9. The van der Waals surface area contributed by atoms with Crippen LogP contribution in [0.5, 0.6) is 0 Å². The number of unbranched alkanes of at least 4 members (excludes halogenated alkanes) is 12. The molecule has 0 saturated heterocycles. The van der Waals surface area contributed by atoms with Gasteiger partial charge in [0.25, 0.3) is 0 Å². The predicted molar refractivity (Wildman–Crippen MR) is 135 cm³/mol. The van der Waals surface area contributed by atoms with Crippen molar-refractivity contribution in [3.8, 4) is 0 Å². The Morgan fingerprint density at radius 2 is 1.45 bits per heavy atom. The quantitative estimate of drug-likeness (QED) is 0.161. The molecule has 0 fully saturated rings. The van der Waals surface area contributed by atoms with E-state index in [-0.39, 0.29) is 0 Å². The molecule has 1 unspecified atom stereocenters. The van der Waals surface area contributed by atoms with Crippen LogP contribution in [0.25, 0.3) is 0 Å². The van der Waals surface area contributed by atoms with Gasteiger partial charge in [0.15, 0.2) is 0 Å². The fourth-order valence-electron chi connectivity index (χ4n) is 4.02. The van der Waals surface area contributed by atoms with Crippen LogP contribution in [0.3, 0.4) is 0 Å². The summed E-state index contributed by atoms with van der Waals surface area (Å²) in [6, 6.07) is 7.88. The molecule has 3 heteroatoms. The van der Waals surface area contributed by atoms with E-state index in [1.165, 1.54) is 89.9 Å². The Kier molecular flexibility index (Phi) is 16.7. The largest absolute Gasteiger partial charge is 0.481 e. The van der Waals surface area contributed by atoms with E-state index >= 15 is 0 Å². The summed E-state index contributed by atoms with van der Waals surface area (Å²) in [5.74, 6) is -1.15. The molecule has 3 nitrogen and oxygen atoms in total. The van der Waals surface area contributed by atoms with Crippen molar-refractivity contribution in [2.45, 2.75) is 116 Å². The summed E-state index contributed by atoms with van der Waals surface area (Å²) in [5, 5.41) is 12.8. The van der Waals surface area contributed by atoms with E-state index in [2.05, 4.69) is 24.4 Å². The van der Waals surface area contributed by atoms with Crippen molar-refractivity contribution in [2.24, 2.45) is 0 Å². The van der Waals surface area contributed by atoms with Crippen LogP contribution in [0.2, 0.25) is 0 Å². The first-order chi connectivity index (χ1) is 15.2. The monoisotopic (exact) mass is 429 g/mol. The van der Waals surface area contributed by atoms with Gasteiger partial charge in [0.05, 0.1) is 5.92 Å². The minimum atomic E-state index is -0.743. The summed E-state index contributed by atoms with van der Waals surface area (Å²) in [6.45, 7) is 5.15. The molecule has 1 aromatic rings. The number of nitrogens with one attached hydrogen (secondary N) is 1. The third-order valence-electron chi connectivity index (χ3n) is 6.01. The highest BCUT2D eigenvalue weighted by atomic mass is 16.4. The topological polar surface area (TPSA) is 49.3 Å². The van der Waals surface area contributed by atoms with E-state index in [9.17, 15) is 9.90 Å². The lowest BCUT2D eigenvalue weighted by molar-refractivity contribution is -0.138. The molecule has 0 saturated carbocycles. The molecule has 0 aliphatic heterocycles. The van der Waals surface area contributed by atoms with Crippen LogP contribution < -0.4 is 5.32 Å². The smallest absolute Gasteiger partial charge is 0.310 e. The van der Waals surface area contributed by atoms with Gasteiger partial charge in [-0.1, -0.05) is 95.9 Å². The first kappa shape index (κ1) is 27.3. The highest BCUT2D eigenvalue weighted by Crippen LogP contribution is 2.23. The second-order valence-corrected chi connectivity index (χ2v) is 8.79. The maximum atomic E-state index is 11.3. The van der Waals surface area contributed by atoms with Crippen molar-refractivity contribution >= 4 is 11.7 Å². The second-order valence-electron chi connectivity index (χ2n) is 8.79. The number of hydrogen-bond acceptors (Lipinski definition) is 2. The van der Waals surface area contributed by atoms with Crippen molar-refractivity contribution in [1.29, 1.82) is 0 Å². The summed E-state index contributed by atoms with van der Waals surface area (Å²) >= 11 is 0. The van der Waals surface area contributed by atoms with E-state index in [0.717, 1.165) is 17.8 Å². The number of carboxylic acid groups (broad SMARTS) is 1. The van der Waals surface area contributed by atoms with Crippen LogP contribution >= 0.6 is 0 Å². The standard InChI is InChI=1S/C28H47NO2/c1-3-5-6-7-8-9-10-11-12-13-14-15-16-17-18-19-23-29-26-22-20-21-25(24-26)27(4-2)28(30)31/h11-12,20-22,24,27,29H,3-10,13-19,23H2,1-2H3,(H,30,31)/b12-11+. The van der Waals surface area contributed by atoms with E-state index in [1.807, 2.05) is 31.2 Å². The Labute approximate surface area is 191 Å². The second kappa shape index (κ2) is 19.0. The fraction of sp³-hybridized carbons (Fsp3) is 0.679. The Hall–Kier alpha value is -1.77. The fourth-order valence-corrected chi connectivity index (χ4v) is 4.02. The molecule has 1 aromatic carbocycles. The lowest BCUT2D eigenvalue weighted by atomic mass is 9.96. The summed E-state index contributed by atoms with van der Waals surface area (Å²) in [7, 11) is 0. The van der Waals surface area contributed by atoms with Crippen LogP contribution in [-0.4, -0.2) is 17.6 Å². The van der Waals surface area contributed by atoms with Gasteiger partial charge < -0.3 is 10.4 Å². The number of anilines is 1. The number of aliphatic carboxylic acids is 1. The van der Waals surface area contributed by atoms with Gasteiger partial charge in [-0.25, -0.2) is 0 Å². The van der Waals surface area contributed by atoms with Crippen molar-refractivity contribution in [3.05, 3.63) is 42.0 Å². The predicted octanol–water partition coefficient (Wildman–Crippen LogP) is 8.71. The molecule has 31 heavy (non-hydrogen) atoms. The molecule has 0 spiro atoms. The molecular weight excluding hydrogens is 382 g/mol. The van der Waals surface area contributed by atoms with Crippen molar-refractivity contribution in [2.75, 3.05) is 11.9 Å². The van der Waals surface area contributed by atoms with Gasteiger partial charge in [-0.15, -0.1) is 0 Å². The van der Waals surface area contributed by atoms with Gasteiger partial charge in [-0.2, -0.15) is 0 Å². The number of carboxylic acids is 1. The molecule has 0 heterocycles. The molecule has 0 amide bonds. The highest BCUT2D eigenvalue weighted by Gasteiger charge is 2.17. The summed E-state index contributed by atoms with van der Waals surface area (Å²) in [6.07, 6.45) is 23.9. The van der Waals surface area contributed by atoms with Crippen LogP contribution in [-0.2, 0) is 4.79 Å². The van der Waals surface area contributed by atoms with Crippen LogP contribution in [0, 0.1) is 0 Å². The minimum Gasteiger partial charge on any atom is -0.481 e. The summed E-state index contributed by atoms with van der Waals surface area (Å²) in [5.41, 5.74) is 1.92. The zero-order chi connectivity index (χ0) is 22.6. The van der Waals surface area contributed by atoms with Crippen molar-refractivity contribution < 1.29 is 9.90 Å². The molecule has 0 bridgehead atoms. The van der Waals surface area contributed by atoms with Gasteiger partial charge in [0.1, 0.15) is 0 Å². The van der Waals surface area contributed by atoms with E-state index in [1.54, 1.807) is 0 Å². The SMILES string of the molecule is CCCCCCCC/C=C/CCCCCCCCNc1cccc(C(CC)C(=O)O)c1. The zero-order valence-corrected chi connectivity index (χ0v) is 20.2. The lowest BCUT2D eigenvalue weighted by Gasteiger charge is -2.13. The maximum Gasteiger partial charge on any atom is 0.310 e. The van der Waals surface area contributed by atoms with E-state index in [4.69, 9.17) is 0 Å². The van der Waals surface area contributed by atoms with Gasteiger partial charge in [0.2, 0.25) is 0 Å². The van der Waals surface area contributed by atoms with Crippen molar-refractivity contribution in [3.63, 3.8) is 0 Å². The molecule has 0 aliphatic rings. The van der Waals surface area contributed by atoms with Gasteiger partial charge in [-0.05, 0) is 56.2 Å². The van der Waals surface area contributed by atoms with Gasteiger partial charge >= 0.3 is 5.97 Å². The molecule has 176 valence electrons. The Morgan fingerprint density at radius 1 is 0.871 bits per heavy atom. The average Bonchev–Trinajstić information content (AvgIpc) is 2.76. The highest BCUT2D eigenvalue weighted by molar-refractivity contribution is 5.76. The third-order valence-corrected chi connectivity index (χ3v) is 6.01. The Balaban J connectivity index is 1.97. The summed E-state index contributed by atoms with van der Waals surface area (Å²) in [4.78, 5) is 11.3. The first-order valence-corrected chi connectivity index (χ1v) is 12.9. The van der Waals surface area contributed by atoms with Crippen LogP contribution in [0.1, 0.15) is 122 Å². The van der Waals surface area contributed by atoms with Crippen molar-refractivity contribution in [1.82, 2.24) is 0 Å². The minimum absolute atomic E-state index is 0.410. The molecule has 0 radical (unpaired) electrons. The van der Waals surface area contributed by atoms with Gasteiger partial charge in [0, 0.05) is 12.2 Å². The Bertz CT molecular complexity index is 596. The average molecular weight is 430 g/mol. The molecule has 0 aromatic heterocycles. The molecular formula is C28H47NO2. The van der Waals surface area contributed by atoms with Gasteiger partial charge in [-0.3, -0.25) is 4.79 Å². The summed E-state index contributed by atoms with van der Waals surface area (Å²) < 4.78 is 0. The zero-order valence-electron chi connectivity index (χ0n) is 20.2. The Morgan fingerprint density at radius 3 is 2.03 bits per heavy atom. The molecule has 0 aliphatic carbocycles. The molecule has 2 N–H and O–H groups in total. The normalized spacial score (nSPS) is 12.3. The number of benzene rings is 1. The lowest BCUT2D eigenvalue weighted by Crippen LogP contribution is -2.11. The molecule has 1 atom stereocenters. The number of rotatable bonds is 20. The molecule has 1 rings (SSSR count). The number of allylic oxidation sites excluding steroid dienone is 2. The maximum absolute atomic E-state index is 11.3. The van der Waals surface area contributed by atoms with E-state index < -0.39 is 11.9 Å². The van der Waals surface area contributed by atoms with E-state index in [0.29, 0.717) is 6.42 Å². The number of carbonyl (C=O) groups is 1. The number of hydrogen-bond donors (Lipinski definition) is 2. The van der Waals surface area contributed by atoms with Crippen LogP contribution in [0.15, 0.2) is 36.4 Å². The van der Waals surface area contributed by atoms with Crippen LogP contribution in [0.4, 0.5) is 5.69 Å². The third kappa shape index (κ3) is 14.0.